The van der Waals surface area contributed by atoms with Crippen molar-refractivity contribution in [2.24, 2.45) is 0 Å². The highest BCUT2D eigenvalue weighted by Gasteiger charge is 2.26. The van der Waals surface area contributed by atoms with Gasteiger partial charge in [-0.3, -0.25) is 4.79 Å². The van der Waals surface area contributed by atoms with E-state index in [4.69, 9.17) is 0 Å². The third-order valence-corrected chi connectivity index (χ3v) is 4.60. The molecule has 2 aromatic carbocycles. The monoisotopic (exact) mass is 308 g/mol. The number of benzene rings is 2. The topological polar surface area (TPSA) is 32.3 Å². The van der Waals surface area contributed by atoms with E-state index in [1.54, 1.807) is 0 Å². The van der Waals surface area contributed by atoms with E-state index in [2.05, 4.69) is 36.5 Å². The predicted octanol–water partition coefficient (Wildman–Crippen LogP) is 3.03. The molecule has 1 fully saturated rings. The molecule has 1 aliphatic heterocycles. The average molecular weight is 308 g/mol. The SMILES string of the molecule is C[C@@H]1CNCCN1C(=O)CC(c1ccccc1)c1ccccc1. The zero-order valence-corrected chi connectivity index (χ0v) is 13.6. The van der Waals surface area contributed by atoms with Gasteiger partial charge in [-0.25, -0.2) is 0 Å². The summed E-state index contributed by atoms with van der Waals surface area (Å²) in [4.78, 5) is 14.9. The van der Waals surface area contributed by atoms with Crippen molar-refractivity contribution in [2.75, 3.05) is 19.6 Å². The molecule has 1 atom stereocenters. The lowest BCUT2D eigenvalue weighted by atomic mass is 9.88. The Morgan fingerprint density at radius 2 is 1.65 bits per heavy atom. The second kappa shape index (κ2) is 7.42. The summed E-state index contributed by atoms with van der Waals surface area (Å²) >= 11 is 0. The van der Waals surface area contributed by atoms with Crippen LogP contribution in [0.1, 0.15) is 30.4 Å². The fraction of sp³-hybridized carbons (Fsp3) is 0.350. The number of piperazine rings is 1. The number of carbonyl (C=O) groups excluding carboxylic acids is 1. The summed E-state index contributed by atoms with van der Waals surface area (Å²) in [7, 11) is 0. The highest BCUT2D eigenvalue weighted by molar-refractivity contribution is 5.78. The van der Waals surface area contributed by atoms with Gasteiger partial charge < -0.3 is 10.2 Å². The first-order chi connectivity index (χ1) is 11.3. The van der Waals surface area contributed by atoms with Crippen molar-refractivity contribution in [1.82, 2.24) is 10.2 Å². The van der Waals surface area contributed by atoms with Crippen LogP contribution in [0.25, 0.3) is 0 Å². The molecule has 23 heavy (non-hydrogen) atoms. The van der Waals surface area contributed by atoms with Crippen molar-refractivity contribution in [2.45, 2.75) is 25.3 Å². The molecule has 1 aliphatic rings. The highest BCUT2D eigenvalue weighted by Crippen LogP contribution is 2.29. The Hall–Kier alpha value is -2.13. The second-order valence-corrected chi connectivity index (χ2v) is 6.22. The molecule has 0 radical (unpaired) electrons. The van der Waals surface area contributed by atoms with Crippen molar-refractivity contribution in [3.05, 3.63) is 71.8 Å². The molecule has 1 saturated heterocycles. The molecule has 0 saturated carbocycles. The van der Waals surface area contributed by atoms with Crippen LogP contribution in [0.2, 0.25) is 0 Å². The van der Waals surface area contributed by atoms with Gasteiger partial charge in [0.15, 0.2) is 0 Å². The smallest absolute Gasteiger partial charge is 0.223 e. The van der Waals surface area contributed by atoms with Gasteiger partial charge in [-0.15, -0.1) is 0 Å². The fourth-order valence-electron chi connectivity index (χ4n) is 3.30. The van der Waals surface area contributed by atoms with Crippen LogP contribution in [0.4, 0.5) is 0 Å². The van der Waals surface area contributed by atoms with Crippen molar-refractivity contribution in [3.8, 4) is 0 Å². The molecule has 1 amide bonds. The lowest BCUT2D eigenvalue weighted by Crippen LogP contribution is -2.52. The van der Waals surface area contributed by atoms with Crippen molar-refractivity contribution in [1.29, 1.82) is 0 Å². The van der Waals surface area contributed by atoms with Crippen LogP contribution in [0.3, 0.4) is 0 Å². The van der Waals surface area contributed by atoms with Crippen LogP contribution in [-0.2, 0) is 4.79 Å². The van der Waals surface area contributed by atoms with E-state index in [1.807, 2.05) is 41.3 Å². The third kappa shape index (κ3) is 3.80. The van der Waals surface area contributed by atoms with Crippen LogP contribution in [0, 0.1) is 0 Å². The van der Waals surface area contributed by atoms with Gasteiger partial charge in [0.1, 0.15) is 0 Å². The maximum Gasteiger partial charge on any atom is 0.223 e. The zero-order chi connectivity index (χ0) is 16.1. The Labute approximate surface area is 138 Å². The Balaban J connectivity index is 1.83. The van der Waals surface area contributed by atoms with Gasteiger partial charge in [-0.2, -0.15) is 0 Å². The molecule has 0 unspecified atom stereocenters. The lowest BCUT2D eigenvalue weighted by Gasteiger charge is -2.35. The number of nitrogens with zero attached hydrogens (tertiary/aromatic N) is 1. The molecule has 3 nitrogen and oxygen atoms in total. The van der Waals surface area contributed by atoms with Gasteiger partial charge in [0, 0.05) is 38.0 Å². The van der Waals surface area contributed by atoms with Crippen molar-refractivity contribution < 1.29 is 4.79 Å². The summed E-state index contributed by atoms with van der Waals surface area (Å²) in [6.45, 7) is 4.69. The number of nitrogens with one attached hydrogen (secondary N) is 1. The fourth-order valence-corrected chi connectivity index (χ4v) is 3.30. The van der Waals surface area contributed by atoms with Crippen LogP contribution in [0.5, 0.6) is 0 Å². The summed E-state index contributed by atoms with van der Waals surface area (Å²) in [5, 5.41) is 3.34. The highest BCUT2D eigenvalue weighted by atomic mass is 16.2. The molecule has 3 heteroatoms. The van der Waals surface area contributed by atoms with E-state index in [0.717, 1.165) is 19.6 Å². The van der Waals surface area contributed by atoms with Crippen LogP contribution >= 0.6 is 0 Å². The molecule has 2 aromatic rings. The van der Waals surface area contributed by atoms with Crippen LogP contribution in [-0.4, -0.2) is 36.5 Å². The van der Waals surface area contributed by atoms with E-state index in [0.29, 0.717) is 6.42 Å². The lowest BCUT2D eigenvalue weighted by molar-refractivity contribution is -0.134. The first-order valence-electron chi connectivity index (χ1n) is 8.36. The molecule has 0 aliphatic carbocycles. The molecule has 1 N–H and O–H groups in total. The number of hydrogen-bond donors (Lipinski definition) is 1. The molecule has 0 aromatic heterocycles. The maximum absolute atomic E-state index is 12.9. The van der Waals surface area contributed by atoms with Crippen molar-refractivity contribution in [3.63, 3.8) is 0 Å². The molecule has 0 bridgehead atoms. The van der Waals surface area contributed by atoms with E-state index < -0.39 is 0 Å². The van der Waals surface area contributed by atoms with Crippen molar-refractivity contribution >= 4 is 5.91 Å². The van der Waals surface area contributed by atoms with Crippen LogP contribution in [0.15, 0.2) is 60.7 Å². The largest absolute Gasteiger partial charge is 0.337 e. The summed E-state index contributed by atoms with van der Waals surface area (Å²) in [6.07, 6.45) is 0.526. The molecular weight excluding hydrogens is 284 g/mol. The minimum atomic E-state index is 0.118. The third-order valence-electron chi connectivity index (χ3n) is 4.60. The van der Waals surface area contributed by atoms with Gasteiger partial charge in [-0.1, -0.05) is 60.7 Å². The summed E-state index contributed by atoms with van der Waals surface area (Å²) in [6, 6.07) is 21.0. The van der Waals surface area contributed by atoms with Gasteiger partial charge >= 0.3 is 0 Å². The van der Waals surface area contributed by atoms with Gasteiger partial charge in [0.2, 0.25) is 5.91 Å². The number of hydrogen-bond acceptors (Lipinski definition) is 2. The Morgan fingerprint density at radius 1 is 1.09 bits per heavy atom. The normalized spacial score (nSPS) is 18.2. The molecule has 0 spiro atoms. The summed E-state index contributed by atoms with van der Waals surface area (Å²) < 4.78 is 0. The first kappa shape index (κ1) is 15.8. The minimum absolute atomic E-state index is 0.118. The quantitative estimate of drug-likeness (QED) is 0.941. The van der Waals surface area contributed by atoms with E-state index in [-0.39, 0.29) is 17.9 Å². The Kier molecular flexibility index (Phi) is 5.09. The number of amides is 1. The molecule has 120 valence electrons. The Morgan fingerprint density at radius 3 is 2.17 bits per heavy atom. The maximum atomic E-state index is 12.9. The summed E-state index contributed by atoms with van der Waals surface area (Å²) in [5.41, 5.74) is 2.41. The van der Waals surface area contributed by atoms with Gasteiger partial charge in [0.25, 0.3) is 0 Å². The number of carbonyl (C=O) groups is 1. The van der Waals surface area contributed by atoms with Gasteiger partial charge in [0.05, 0.1) is 0 Å². The Bertz CT molecular complexity index is 587. The molecule has 1 heterocycles. The molecule has 3 rings (SSSR count). The van der Waals surface area contributed by atoms with E-state index >= 15 is 0 Å². The van der Waals surface area contributed by atoms with Crippen LogP contribution < -0.4 is 5.32 Å². The number of rotatable bonds is 4. The standard InChI is InChI=1S/C20H24N2O/c1-16-15-21-12-13-22(16)20(23)14-19(17-8-4-2-5-9-17)18-10-6-3-7-11-18/h2-11,16,19,21H,12-15H2,1H3/t16-/m1/s1. The van der Waals surface area contributed by atoms with E-state index in [9.17, 15) is 4.79 Å². The van der Waals surface area contributed by atoms with Gasteiger partial charge in [-0.05, 0) is 18.1 Å². The molecular formula is C20H24N2O. The summed E-state index contributed by atoms with van der Waals surface area (Å²) in [5.74, 6) is 0.365. The first-order valence-corrected chi connectivity index (χ1v) is 8.36. The minimum Gasteiger partial charge on any atom is -0.337 e. The second-order valence-electron chi connectivity index (χ2n) is 6.22. The average Bonchev–Trinajstić information content (AvgIpc) is 2.61. The zero-order valence-electron chi connectivity index (χ0n) is 13.6. The predicted molar refractivity (Wildman–Crippen MR) is 93.4 cm³/mol. The van der Waals surface area contributed by atoms with E-state index in [1.165, 1.54) is 11.1 Å².